The van der Waals surface area contributed by atoms with Crippen molar-refractivity contribution in [3.8, 4) is 0 Å². The molecule has 0 N–H and O–H groups in total. The number of aromatic nitrogens is 1. The van der Waals surface area contributed by atoms with Gasteiger partial charge in [0.25, 0.3) is 0 Å². The number of nitrogens with zero attached hydrogens (tertiary/aromatic N) is 1. The second-order valence-corrected chi connectivity index (χ2v) is 4.03. The van der Waals surface area contributed by atoms with Gasteiger partial charge in [0.1, 0.15) is 5.01 Å². The monoisotopic (exact) mass is 181 g/mol. The van der Waals surface area contributed by atoms with Crippen LogP contribution in [0.25, 0.3) is 5.57 Å². The van der Waals surface area contributed by atoms with E-state index in [4.69, 9.17) is 0 Å². The largest absolute Gasteiger partial charge is 0.241 e. The number of rotatable bonds is 3. The molecule has 0 saturated heterocycles. The van der Waals surface area contributed by atoms with Gasteiger partial charge in [-0.1, -0.05) is 20.4 Å². The van der Waals surface area contributed by atoms with Gasteiger partial charge in [-0.15, -0.1) is 11.3 Å². The number of allylic oxidation sites excluding steroid dienone is 1. The lowest BCUT2D eigenvalue weighted by molar-refractivity contribution is 0.713. The minimum atomic E-state index is 0.578. The van der Waals surface area contributed by atoms with Crippen LogP contribution in [0, 0.1) is 0 Å². The van der Waals surface area contributed by atoms with Crippen molar-refractivity contribution in [2.45, 2.75) is 33.1 Å². The Morgan fingerprint density at radius 2 is 2.42 bits per heavy atom. The van der Waals surface area contributed by atoms with Crippen LogP contribution in [0.4, 0.5) is 0 Å². The van der Waals surface area contributed by atoms with Crippen molar-refractivity contribution >= 4 is 16.9 Å². The maximum Gasteiger partial charge on any atom is 0.118 e. The fourth-order valence-corrected chi connectivity index (χ4v) is 1.79. The SMILES string of the molecule is C=C(C)c1nc(C(C)CC)cs1. The van der Waals surface area contributed by atoms with Crippen LogP contribution in [-0.4, -0.2) is 4.98 Å². The lowest BCUT2D eigenvalue weighted by atomic mass is 10.1. The fourth-order valence-electron chi connectivity index (χ4n) is 0.918. The van der Waals surface area contributed by atoms with Crippen LogP contribution in [0.2, 0.25) is 0 Å². The zero-order chi connectivity index (χ0) is 9.14. The minimum Gasteiger partial charge on any atom is -0.241 e. The lowest BCUT2D eigenvalue weighted by Crippen LogP contribution is -1.91. The molecule has 1 heterocycles. The smallest absolute Gasteiger partial charge is 0.118 e. The summed E-state index contributed by atoms with van der Waals surface area (Å²) < 4.78 is 0. The average molecular weight is 181 g/mol. The van der Waals surface area contributed by atoms with E-state index < -0.39 is 0 Å². The van der Waals surface area contributed by atoms with Gasteiger partial charge in [-0.2, -0.15) is 0 Å². The summed E-state index contributed by atoms with van der Waals surface area (Å²) in [6.45, 7) is 10.3. The Hall–Kier alpha value is -0.630. The molecule has 0 saturated carbocycles. The lowest BCUT2D eigenvalue weighted by Gasteiger charge is -2.02. The third-order valence-corrected chi connectivity index (χ3v) is 3.03. The van der Waals surface area contributed by atoms with E-state index in [0.29, 0.717) is 5.92 Å². The van der Waals surface area contributed by atoms with E-state index in [1.54, 1.807) is 11.3 Å². The molecule has 0 spiro atoms. The highest BCUT2D eigenvalue weighted by Gasteiger charge is 2.07. The molecule has 0 fully saturated rings. The quantitative estimate of drug-likeness (QED) is 0.693. The molecule has 1 aromatic rings. The van der Waals surface area contributed by atoms with E-state index in [2.05, 4.69) is 30.8 Å². The molecular weight excluding hydrogens is 166 g/mol. The molecule has 0 aliphatic carbocycles. The van der Waals surface area contributed by atoms with E-state index in [0.717, 1.165) is 17.0 Å². The summed E-state index contributed by atoms with van der Waals surface area (Å²) in [5.74, 6) is 0.578. The van der Waals surface area contributed by atoms with Gasteiger partial charge in [0, 0.05) is 5.38 Å². The topological polar surface area (TPSA) is 12.9 Å². The van der Waals surface area contributed by atoms with E-state index in [1.165, 1.54) is 5.69 Å². The van der Waals surface area contributed by atoms with Gasteiger partial charge < -0.3 is 0 Å². The molecule has 1 aromatic heterocycles. The van der Waals surface area contributed by atoms with Gasteiger partial charge in [-0.25, -0.2) is 4.98 Å². The first-order valence-corrected chi connectivity index (χ1v) is 5.14. The molecule has 1 atom stereocenters. The molecule has 0 radical (unpaired) electrons. The summed E-state index contributed by atoms with van der Waals surface area (Å²) in [6.07, 6.45) is 1.15. The molecule has 0 aliphatic rings. The van der Waals surface area contributed by atoms with Crippen molar-refractivity contribution in [1.82, 2.24) is 4.98 Å². The highest BCUT2D eigenvalue weighted by Crippen LogP contribution is 2.23. The molecule has 2 heteroatoms. The fraction of sp³-hybridized carbons (Fsp3) is 0.500. The van der Waals surface area contributed by atoms with Crippen molar-refractivity contribution in [3.05, 3.63) is 22.7 Å². The van der Waals surface area contributed by atoms with Crippen molar-refractivity contribution in [3.63, 3.8) is 0 Å². The molecular formula is C10H15NS. The molecule has 1 unspecified atom stereocenters. The van der Waals surface area contributed by atoms with Crippen molar-refractivity contribution in [2.24, 2.45) is 0 Å². The van der Waals surface area contributed by atoms with Gasteiger partial charge >= 0.3 is 0 Å². The second-order valence-electron chi connectivity index (χ2n) is 3.17. The summed E-state index contributed by atoms with van der Waals surface area (Å²) in [5.41, 5.74) is 2.27. The summed E-state index contributed by atoms with van der Waals surface area (Å²) in [7, 11) is 0. The average Bonchev–Trinajstić information content (AvgIpc) is 2.51. The normalized spacial score (nSPS) is 12.9. The molecule has 0 amide bonds. The van der Waals surface area contributed by atoms with Gasteiger partial charge in [0.05, 0.1) is 5.69 Å². The van der Waals surface area contributed by atoms with Crippen LogP contribution in [-0.2, 0) is 0 Å². The van der Waals surface area contributed by atoms with Gasteiger partial charge in [0.15, 0.2) is 0 Å². The standard InChI is InChI=1S/C10H15NS/c1-5-8(4)9-6-12-10(11-9)7(2)3/h6,8H,2,5H2,1,3-4H3. The summed E-state index contributed by atoms with van der Waals surface area (Å²) in [5, 5.41) is 3.21. The van der Waals surface area contributed by atoms with Gasteiger partial charge in [0.2, 0.25) is 0 Å². The second kappa shape index (κ2) is 3.85. The molecule has 0 bridgehead atoms. The van der Waals surface area contributed by atoms with Gasteiger partial charge in [-0.05, 0) is 24.8 Å². The van der Waals surface area contributed by atoms with Gasteiger partial charge in [-0.3, -0.25) is 0 Å². The first kappa shape index (κ1) is 9.46. The Labute approximate surface area is 78.2 Å². The molecule has 1 rings (SSSR count). The molecule has 12 heavy (non-hydrogen) atoms. The number of hydrogen-bond donors (Lipinski definition) is 0. The Bertz CT molecular complexity index is 275. The number of hydrogen-bond acceptors (Lipinski definition) is 2. The zero-order valence-electron chi connectivity index (χ0n) is 7.92. The van der Waals surface area contributed by atoms with Crippen LogP contribution < -0.4 is 0 Å². The van der Waals surface area contributed by atoms with Crippen molar-refractivity contribution < 1.29 is 0 Å². The van der Waals surface area contributed by atoms with Crippen LogP contribution >= 0.6 is 11.3 Å². The van der Waals surface area contributed by atoms with E-state index >= 15 is 0 Å². The Morgan fingerprint density at radius 3 is 2.83 bits per heavy atom. The Morgan fingerprint density at radius 1 is 1.75 bits per heavy atom. The first-order chi connectivity index (χ1) is 5.65. The van der Waals surface area contributed by atoms with Crippen LogP contribution in [0.1, 0.15) is 43.8 Å². The summed E-state index contributed by atoms with van der Waals surface area (Å²) in [6, 6.07) is 0. The molecule has 0 aromatic carbocycles. The van der Waals surface area contributed by atoms with Crippen LogP contribution in [0.3, 0.4) is 0 Å². The molecule has 1 nitrogen and oxygen atoms in total. The highest BCUT2D eigenvalue weighted by atomic mass is 32.1. The predicted octanol–water partition coefficient (Wildman–Crippen LogP) is 3.69. The highest BCUT2D eigenvalue weighted by molar-refractivity contribution is 7.10. The molecule has 0 aliphatic heterocycles. The maximum absolute atomic E-state index is 4.50. The Kier molecular flexibility index (Phi) is 3.04. The third-order valence-electron chi connectivity index (χ3n) is 2.00. The van der Waals surface area contributed by atoms with E-state index in [9.17, 15) is 0 Å². The molecule has 66 valence electrons. The van der Waals surface area contributed by atoms with Crippen molar-refractivity contribution in [1.29, 1.82) is 0 Å². The third kappa shape index (κ3) is 1.95. The Balaban J connectivity index is 2.84. The number of thiazole rings is 1. The van der Waals surface area contributed by atoms with Crippen molar-refractivity contribution in [2.75, 3.05) is 0 Å². The van der Waals surface area contributed by atoms with E-state index in [-0.39, 0.29) is 0 Å². The predicted molar refractivity (Wildman–Crippen MR) is 55.5 cm³/mol. The van der Waals surface area contributed by atoms with Crippen LogP contribution in [0.5, 0.6) is 0 Å². The first-order valence-electron chi connectivity index (χ1n) is 4.26. The summed E-state index contributed by atoms with van der Waals surface area (Å²) in [4.78, 5) is 4.50. The van der Waals surface area contributed by atoms with Crippen LogP contribution in [0.15, 0.2) is 12.0 Å². The zero-order valence-corrected chi connectivity index (χ0v) is 8.74. The summed E-state index contributed by atoms with van der Waals surface area (Å²) >= 11 is 1.69. The minimum absolute atomic E-state index is 0.578. The maximum atomic E-state index is 4.50. The van der Waals surface area contributed by atoms with E-state index in [1.807, 2.05) is 6.92 Å².